The van der Waals surface area contributed by atoms with Gasteiger partial charge in [0.15, 0.2) is 23.0 Å². The van der Waals surface area contributed by atoms with Crippen LogP contribution >= 0.6 is 6.72 Å². The zero-order valence-corrected chi connectivity index (χ0v) is 21.3. The van der Waals surface area contributed by atoms with Crippen LogP contribution in [0.25, 0.3) is 22.5 Å². The van der Waals surface area contributed by atoms with E-state index in [-0.39, 0.29) is 42.5 Å². The summed E-state index contributed by atoms with van der Waals surface area (Å²) in [6.45, 7) is -3.96. The number of ether oxygens (including phenoxy) is 4. The minimum Gasteiger partial charge on any atom is -1.00 e. The van der Waals surface area contributed by atoms with Crippen LogP contribution in [0.5, 0.6) is 28.7 Å². The van der Waals surface area contributed by atoms with Crippen molar-refractivity contribution < 1.29 is 64.2 Å². The Morgan fingerprint density at radius 1 is 0.806 bits per heavy atom. The Morgan fingerprint density at radius 2 is 1.32 bits per heavy atom. The Morgan fingerprint density at radius 3 is 1.81 bits per heavy atom. The van der Waals surface area contributed by atoms with Crippen LogP contribution in [0.3, 0.4) is 0 Å². The Bertz CT molecular complexity index is 1090. The summed E-state index contributed by atoms with van der Waals surface area (Å²) in [5, 5.41) is 11.1. The Kier molecular flexibility index (Phi) is 8.73. The van der Waals surface area contributed by atoms with Crippen LogP contribution in [0.4, 0.5) is 0 Å². The second-order valence-corrected chi connectivity index (χ2v) is 8.47. The number of rotatable bonds is 8. The van der Waals surface area contributed by atoms with Gasteiger partial charge in [0.05, 0.1) is 28.4 Å². The van der Waals surface area contributed by atoms with Gasteiger partial charge in [-0.05, 0) is 30.3 Å². The number of nitrogens with zero attached hydrogens (tertiary/aromatic N) is 2. The maximum atomic E-state index is 9.54. The van der Waals surface area contributed by atoms with Crippen molar-refractivity contribution in [3.05, 3.63) is 30.3 Å². The molecule has 0 unspecified atom stereocenters. The van der Waals surface area contributed by atoms with Crippen LogP contribution in [0, 0.1) is 0 Å². The second-order valence-electron chi connectivity index (χ2n) is 5.88. The summed E-state index contributed by atoms with van der Waals surface area (Å²) >= 11 is 4.57. The Balaban J connectivity index is 0.00000256. The standard InChI is InChI=1S/C18H20N3O7PS.Na.H/c1-24-12-6-5-10(7-13(12)28-29(22,23)30)16-17(20-21-19-16)11-8-14(25-2)18(27-4)15(9-11)26-3;;/h5-9H,1-4H3,(H,19,20,21)(H2,22,23,30);;/q;+1;-1. The molecule has 13 heteroatoms. The van der Waals surface area contributed by atoms with Crippen molar-refractivity contribution in [1.29, 1.82) is 0 Å². The average molecular weight is 477 g/mol. The summed E-state index contributed by atoms with van der Waals surface area (Å²) in [5.41, 5.74) is 2.20. The zero-order chi connectivity index (χ0) is 21.9. The third-order valence-corrected chi connectivity index (χ3v) is 4.80. The summed E-state index contributed by atoms with van der Waals surface area (Å²) in [4.78, 5) is 19.1. The predicted octanol–water partition coefficient (Wildman–Crippen LogP) is -0.123. The van der Waals surface area contributed by atoms with Crippen LogP contribution in [0.1, 0.15) is 1.43 Å². The molecule has 0 aliphatic rings. The molecular weight excluding hydrogens is 456 g/mol. The molecule has 0 amide bonds. The van der Waals surface area contributed by atoms with Gasteiger partial charge in [0.2, 0.25) is 5.75 Å². The molecule has 0 aliphatic carbocycles. The van der Waals surface area contributed by atoms with E-state index >= 15 is 0 Å². The van der Waals surface area contributed by atoms with Crippen molar-refractivity contribution in [2.24, 2.45) is 0 Å². The Hall–Kier alpha value is -1.85. The number of benzene rings is 2. The summed E-state index contributed by atoms with van der Waals surface area (Å²) in [7, 11) is 5.99. The second kappa shape index (κ2) is 10.6. The van der Waals surface area contributed by atoms with Gasteiger partial charge >= 0.3 is 36.3 Å². The van der Waals surface area contributed by atoms with Crippen LogP contribution in [0.15, 0.2) is 30.3 Å². The fourth-order valence-corrected chi connectivity index (χ4v) is 3.51. The van der Waals surface area contributed by atoms with Crippen molar-refractivity contribution in [1.82, 2.24) is 15.4 Å². The number of H-pyrrole nitrogens is 1. The third kappa shape index (κ3) is 5.69. The molecule has 2 aromatic carbocycles. The smallest absolute Gasteiger partial charge is 1.00 e. The number of aromatic nitrogens is 3. The number of hydrogen-bond donors (Lipinski definition) is 3. The summed E-state index contributed by atoms with van der Waals surface area (Å²) < 4.78 is 26.5. The van der Waals surface area contributed by atoms with E-state index in [0.29, 0.717) is 39.8 Å². The maximum Gasteiger partial charge on any atom is 1.00 e. The minimum absolute atomic E-state index is 0. The molecule has 0 atom stereocenters. The quantitative estimate of drug-likeness (QED) is 0.298. The fraction of sp³-hybridized carbons (Fsp3) is 0.222. The van der Waals surface area contributed by atoms with Gasteiger partial charge in [0.1, 0.15) is 11.4 Å². The van der Waals surface area contributed by atoms with E-state index in [4.69, 9.17) is 23.5 Å². The van der Waals surface area contributed by atoms with Crippen LogP contribution < -0.4 is 53.0 Å². The molecule has 1 aromatic heterocycles. The molecule has 3 rings (SSSR count). The molecular formula is C18H21N3NaO7PS. The number of aromatic amines is 1. The topological polar surface area (TPSA) is 128 Å². The van der Waals surface area contributed by atoms with Gasteiger partial charge in [0, 0.05) is 22.9 Å². The predicted molar refractivity (Wildman–Crippen MR) is 114 cm³/mol. The summed E-state index contributed by atoms with van der Waals surface area (Å²) in [5.74, 6) is 1.73. The Labute approximate surface area is 207 Å². The first-order valence-corrected chi connectivity index (χ1v) is 11.1. The van der Waals surface area contributed by atoms with E-state index in [9.17, 15) is 9.79 Å². The van der Waals surface area contributed by atoms with Crippen LogP contribution in [0.2, 0.25) is 0 Å². The van der Waals surface area contributed by atoms with E-state index < -0.39 is 6.72 Å². The third-order valence-electron chi connectivity index (χ3n) is 4.14. The fourth-order valence-electron chi connectivity index (χ4n) is 2.87. The molecule has 31 heavy (non-hydrogen) atoms. The monoisotopic (exact) mass is 477 g/mol. The first-order valence-electron chi connectivity index (χ1n) is 8.46. The van der Waals surface area contributed by atoms with Gasteiger partial charge in [-0.15, -0.1) is 0 Å². The number of nitrogens with one attached hydrogen (secondary N) is 1. The molecule has 0 fully saturated rings. The van der Waals surface area contributed by atoms with E-state index in [2.05, 4.69) is 27.2 Å². The zero-order valence-electron chi connectivity index (χ0n) is 18.6. The number of methoxy groups -OCH3 is 4. The van der Waals surface area contributed by atoms with Crippen LogP contribution in [-0.4, -0.2) is 53.6 Å². The van der Waals surface area contributed by atoms with Crippen molar-refractivity contribution >= 4 is 18.5 Å². The summed E-state index contributed by atoms with van der Waals surface area (Å²) in [6.07, 6.45) is 0. The van der Waals surface area contributed by atoms with E-state index in [1.165, 1.54) is 34.5 Å². The van der Waals surface area contributed by atoms with Gasteiger partial charge in [-0.3, -0.25) is 0 Å². The molecule has 0 saturated heterocycles. The van der Waals surface area contributed by atoms with E-state index in [0.717, 1.165) is 0 Å². The molecule has 0 aliphatic heterocycles. The van der Waals surface area contributed by atoms with Crippen molar-refractivity contribution in [3.63, 3.8) is 0 Å². The molecule has 0 spiro atoms. The molecule has 0 bridgehead atoms. The molecule has 0 saturated carbocycles. The van der Waals surface area contributed by atoms with Crippen molar-refractivity contribution in [2.45, 2.75) is 0 Å². The summed E-state index contributed by atoms with van der Waals surface area (Å²) in [6, 6.07) is 8.34. The largest absolute Gasteiger partial charge is 1.00 e. The van der Waals surface area contributed by atoms with Crippen LogP contribution in [-0.2, 0) is 11.8 Å². The van der Waals surface area contributed by atoms with Crippen molar-refractivity contribution in [2.75, 3.05) is 28.4 Å². The molecule has 0 radical (unpaired) electrons. The first kappa shape index (κ1) is 25.4. The number of hydrogen-bond acceptors (Lipinski definition) is 8. The first-order chi connectivity index (χ1) is 14.3. The minimum atomic E-state index is -3.96. The average Bonchev–Trinajstić information content (AvgIpc) is 3.21. The normalized spacial score (nSPS) is 10.8. The molecule has 162 valence electrons. The molecule has 3 aromatic rings. The van der Waals surface area contributed by atoms with E-state index in [1.807, 2.05) is 0 Å². The van der Waals surface area contributed by atoms with Gasteiger partial charge in [-0.2, -0.15) is 15.4 Å². The molecule has 10 nitrogen and oxygen atoms in total. The van der Waals surface area contributed by atoms with Gasteiger partial charge in [-0.25, -0.2) is 0 Å². The molecule has 3 N–H and O–H groups in total. The maximum absolute atomic E-state index is 9.54. The SMILES string of the molecule is COc1ccc(-c2n[nH]nc2-c2cc(OC)c(OC)c(OC)c2)cc1OP(O)(O)=S.[H-].[Na+]. The van der Waals surface area contributed by atoms with Gasteiger partial charge < -0.3 is 34.7 Å². The van der Waals surface area contributed by atoms with Crippen molar-refractivity contribution in [3.8, 4) is 51.3 Å². The van der Waals surface area contributed by atoms with E-state index in [1.54, 1.807) is 24.3 Å². The van der Waals surface area contributed by atoms with Gasteiger partial charge in [-0.1, -0.05) is 0 Å². The molecule has 1 heterocycles. The van der Waals surface area contributed by atoms with Gasteiger partial charge in [0.25, 0.3) is 0 Å².